The summed E-state index contributed by atoms with van der Waals surface area (Å²) in [6.45, 7) is 8.39. The highest BCUT2D eigenvalue weighted by Gasteiger charge is 2.59. The molecule has 0 saturated carbocycles. The number of aromatic nitrogens is 2. The first-order valence-electron chi connectivity index (χ1n) is 6.95. The molecule has 3 heterocycles. The van der Waals surface area contributed by atoms with Gasteiger partial charge >= 0.3 is 0 Å². The molecular weight excluding hydrogens is 261 g/mol. The van der Waals surface area contributed by atoms with Gasteiger partial charge in [0.15, 0.2) is 0 Å². The zero-order valence-electron chi connectivity index (χ0n) is 11.7. The summed E-state index contributed by atoms with van der Waals surface area (Å²) in [4.78, 5) is 15.3. The van der Waals surface area contributed by atoms with Gasteiger partial charge in [-0.05, 0) is 13.8 Å². The molecule has 19 heavy (non-hydrogen) atoms. The fourth-order valence-corrected chi connectivity index (χ4v) is 5.52. The minimum atomic E-state index is -2.02. The van der Waals surface area contributed by atoms with Crippen LogP contribution in [0.25, 0.3) is 0 Å². The first-order chi connectivity index (χ1) is 9.02. The van der Waals surface area contributed by atoms with Crippen molar-refractivity contribution in [1.82, 2.24) is 18.9 Å². The number of nitrogens with two attached hydrogens (primary N) is 1. The lowest BCUT2D eigenvalue weighted by molar-refractivity contribution is 0.494. The van der Waals surface area contributed by atoms with Gasteiger partial charge in [0, 0.05) is 12.5 Å². The van der Waals surface area contributed by atoms with Crippen LogP contribution in [0.5, 0.6) is 0 Å². The average molecular weight is 284 g/mol. The molecule has 0 radical (unpaired) electrons. The van der Waals surface area contributed by atoms with Crippen LogP contribution in [-0.4, -0.2) is 56.1 Å². The molecule has 2 aliphatic rings. The molecule has 0 bridgehead atoms. The summed E-state index contributed by atoms with van der Waals surface area (Å²) in [5.41, 5.74) is 5.95. The Morgan fingerprint density at radius 2 is 1.89 bits per heavy atom. The minimum absolute atomic E-state index is 0.311. The van der Waals surface area contributed by atoms with E-state index in [0.717, 1.165) is 44.6 Å². The lowest BCUT2D eigenvalue weighted by atomic mass is 10.3. The van der Waals surface area contributed by atoms with Crippen molar-refractivity contribution >= 4 is 13.6 Å². The average Bonchev–Trinajstić information content (AvgIpc) is 3.23. The Labute approximate surface area is 114 Å². The number of anilines is 1. The molecule has 2 saturated heterocycles. The van der Waals surface area contributed by atoms with Crippen molar-refractivity contribution in [1.29, 1.82) is 0 Å². The van der Waals surface area contributed by atoms with Crippen LogP contribution in [-0.2, 0) is 6.42 Å². The van der Waals surface area contributed by atoms with E-state index in [1.54, 1.807) is 6.20 Å². The van der Waals surface area contributed by atoms with Crippen LogP contribution >= 0.6 is 7.79 Å². The molecule has 6 nitrogen and oxygen atoms in total. The van der Waals surface area contributed by atoms with E-state index in [0.29, 0.717) is 11.9 Å². The molecule has 0 unspecified atom stereocenters. The lowest BCUT2D eigenvalue weighted by Gasteiger charge is -2.21. The maximum atomic E-state index is 10.9. The van der Waals surface area contributed by atoms with E-state index in [4.69, 9.17) is 5.73 Å². The summed E-state index contributed by atoms with van der Waals surface area (Å²) in [7, 11) is -2.02. The smallest absolute Gasteiger partial charge is 0.286 e. The van der Waals surface area contributed by atoms with Crippen molar-refractivity contribution in [3.63, 3.8) is 0 Å². The van der Waals surface area contributed by atoms with E-state index in [2.05, 4.69) is 32.7 Å². The zero-order valence-corrected chi connectivity index (χ0v) is 12.6. The summed E-state index contributed by atoms with van der Waals surface area (Å²) in [5.74, 6) is 1.71. The molecule has 3 rings (SSSR count). The standard InChI is InChI=1S/C12H23N5OP/c1-10(2)17-11(13)9-14-12(17)3-8-19(18,15-4-5-15)16-6-7-16/h9-10,18H,3-8,13H2,1-2H3/q+1. The van der Waals surface area contributed by atoms with Gasteiger partial charge in [-0.15, -0.1) is 9.34 Å². The Morgan fingerprint density at radius 3 is 2.37 bits per heavy atom. The highest BCUT2D eigenvalue weighted by atomic mass is 31.2. The lowest BCUT2D eigenvalue weighted by Crippen LogP contribution is -2.18. The molecule has 0 amide bonds. The van der Waals surface area contributed by atoms with Crippen molar-refractivity contribution in [2.24, 2.45) is 0 Å². The predicted octanol–water partition coefficient (Wildman–Crippen LogP) is 0.975. The first-order valence-corrected chi connectivity index (χ1v) is 8.79. The molecule has 106 valence electrons. The van der Waals surface area contributed by atoms with Gasteiger partial charge in [-0.25, -0.2) is 9.88 Å². The molecule has 1 aromatic heterocycles. The Balaban J connectivity index is 1.71. The monoisotopic (exact) mass is 284 g/mol. The van der Waals surface area contributed by atoms with Crippen LogP contribution in [0.15, 0.2) is 6.20 Å². The fourth-order valence-electron chi connectivity index (χ4n) is 2.64. The number of hydrogen-bond acceptors (Lipinski definition) is 5. The molecule has 2 aliphatic heterocycles. The van der Waals surface area contributed by atoms with E-state index in [1.807, 2.05) is 0 Å². The maximum Gasteiger partial charge on any atom is 0.286 e. The third kappa shape index (κ3) is 2.50. The Morgan fingerprint density at radius 1 is 1.32 bits per heavy atom. The highest BCUT2D eigenvalue weighted by Crippen LogP contribution is 2.67. The van der Waals surface area contributed by atoms with E-state index >= 15 is 0 Å². The molecule has 0 atom stereocenters. The number of rotatable bonds is 6. The van der Waals surface area contributed by atoms with Crippen molar-refractivity contribution in [3.8, 4) is 0 Å². The van der Waals surface area contributed by atoms with E-state index < -0.39 is 7.79 Å². The van der Waals surface area contributed by atoms with E-state index in [-0.39, 0.29) is 0 Å². The Kier molecular flexibility index (Phi) is 3.29. The van der Waals surface area contributed by atoms with Crippen LogP contribution in [0.1, 0.15) is 25.7 Å². The predicted molar refractivity (Wildman–Crippen MR) is 77.9 cm³/mol. The summed E-state index contributed by atoms with van der Waals surface area (Å²) in [5, 5.41) is 0. The molecular formula is C12H23N5OP+. The van der Waals surface area contributed by atoms with Gasteiger partial charge in [0.05, 0.1) is 32.4 Å². The number of imidazole rings is 1. The van der Waals surface area contributed by atoms with Crippen LogP contribution in [0, 0.1) is 0 Å². The number of hydrogen-bond donors (Lipinski definition) is 2. The zero-order chi connectivity index (χ0) is 13.6. The second-order valence-corrected chi connectivity index (χ2v) is 8.60. The van der Waals surface area contributed by atoms with Gasteiger partial charge in [0.2, 0.25) is 0 Å². The van der Waals surface area contributed by atoms with Gasteiger partial charge in [0.1, 0.15) is 17.8 Å². The SMILES string of the molecule is CC(C)n1c(N)cnc1CC[P+](O)(N1CC1)N1CC1. The summed E-state index contributed by atoms with van der Waals surface area (Å²) < 4.78 is 6.52. The molecule has 3 N–H and O–H groups in total. The van der Waals surface area contributed by atoms with Crippen molar-refractivity contribution in [2.45, 2.75) is 26.3 Å². The van der Waals surface area contributed by atoms with Crippen molar-refractivity contribution in [3.05, 3.63) is 12.0 Å². The number of aryl methyl sites for hydroxylation is 1. The van der Waals surface area contributed by atoms with Gasteiger partial charge in [0.25, 0.3) is 7.79 Å². The van der Waals surface area contributed by atoms with E-state index in [1.165, 1.54) is 0 Å². The van der Waals surface area contributed by atoms with Crippen molar-refractivity contribution < 1.29 is 4.89 Å². The second kappa shape index (κ2) is 4.70. The van der Waals surface area contributed by atoms with Gasteiger partial charge in [-0.1, -0.05) is 0 Å². The topological polar surface area (TPSA) is 70.1 Å². The largest absolute Gasteiger partial charge is 0.384 e. The number of nitrogens with zero attached hydrogens (tertiary/aromatic N) is 4. The normalized spacial score (nSPS) is 20.2. The molecule has 7 heteroatoms. The van der Waals surface area contributed by atoms with Gasteiger partial charge in [-0.3, -0.25) is 0 Å². The molecule has 2 fully saturated rings. The summed E-state index contributed by atoms with van der Waals surface area (Å²) in [6.07, 6.45) is 3.32. The van der Waals surface area contributed by atoms with Crippen LogP contribution in [0.3, 0.4) is 0 Å². The molecule has 0 spiro atoms. The third-order valence-corrected chi connectivity index (χ3v) is 7.24. The fraction of sp³-hybridized carbons (Fsp3) is 0.750. The van der Waals surface area contributed by atoms with Crippen LogP contribution in [0.4, 0.5) is 5.82 Å². The Hall–Kier alpha value is -0.680. The Bertz CT molecular complexity index is 455. The van der Waals surface area contributed by atoms with Crippen molar-refractivity contribution in [2.75, 3.05) is 38.1 Å². The molecule has 1 aromatic rings. The quantitative estimate of drug-likeness (QED) is 0.602. The van der Waals surface area contributed by atoms with E-state index in [9.17, 15) is 4.89 Å². The van der Waals surface area contributed by atoms with Crippen LogP contribution in [0.2, 0.25) is 0 Å². The molecule has 0 aliphatic carbocycles. The third-order valence-electron chi connectivity index (χ3n) is 3.81. The van der Waals surface area contributed by atoms with Crippen LogP contribution < -0.4 is 5.73 Å². The van der Waals surface area contributed by atoms with Gasteiger partial charge < -0.3 is 10.3 Å². The maximum absolute atomic E-state index is 10.9. The first kappa shape index (κ1) is 13.3. The minimum Gasteiger partial charge on any atom is -0.384 e. The highest BCUT2D eigenvalue weighted by molar-refractivity contribution is 7.66. The molecule has 0 aromatic carbocycles. The second-order valence-electron chi connectivity index (χ2n) is 5.64. The summed E-state index contributed by atoms with van der Waals surface area (Å²) in [6, 6.07) is 0.311. The number of nitrogen functional groups attached to an aromatic ring is 1. The summed E-state index contributed by atoms with van der Waals surface area (Å²) >= 11 is 0. The van der Waals surface area contributed by atoms with Gasteiger partial charge in [-0.2, -0.15) is 0 Å².